The van der Waals surface area contributed by atoms with Gasteiger partial charge >= 0.3 is 0 Å². The molecule has 2 aromatic carbocycles. The summed E-state index contributed by atoms with van der Waals surface area (Å²) < 4.78 is 0. The van der Waals surface area contributed by atoms with Gasteiger partial charge in [0.25, 0.3) is 0 Å². The molecule has 0 bridgehead atoms. The molecule has 0 fully saturated rings. The third kappa shape index (κ3) is 7.06. The highest BCUT2D eigenvalue weighted by molar-refractivity contribution is 6.35. The van der Waals surface area contributed by atoms with E-state index in [4.69, 9.17) is 23.2 Å². The van der Waals surface area contributed by atoms with Crippen LogP contribution in [-0.2, 0) is 22.6 Å². The van der Waals surface area contributed by atoms with Crippen LogP contribution >= 0.6 is 23.2 Å². The van der Waals surface area contributed by atoms with Crippen LogP contribution in [0.1, 0.15) is 44.2 Å². The number of carbonyl (C=O) groups excluding carboxylic acids is 2. The van der Waals surface area contributed by atoms with Gasteiger partial charge in [0.2, 0.25) is 11.8 Å². The molecule has 2 amide bonds. The number of rotatable bonds is 10. The number of hydrogen-bond acceptors (Lipinski definition) is 2. The van der Waals surface area contributed by atoms with E-state index in [-0.39, 0.29) is 18.4 Å². The first-order chi connectivity index (χ1) is 14.0. The zero-order chi connectivity index (χ0) is 21.2. The molecule has 2 rings (SSSR count). The zero-order valence-corrected chi connectivity index (χ0v) is 18.5. The monoisotopic (exact) mass is 434 g/mol. The van der Waals surface area contributed by atoms with Gasteiger partial charge < -0.3 is 10.2 Å². The molecule has 1 N–H and O–H groups in total. The quantitative estimate of drug-likeness (QED) is 0.518. The van der Waals surface area contributed by atoms with E-state index >= 15 is 0 Å². The molecule has 1 atom stereocenters. The molecule has 0 aromatic heterocycles. The number of hydrogen-bond donors (Lipinski definition) is 1. The molecule has 6 heteroatoms. The lowest BCUT2D eigenvalue weighted by atomic mass is 10.0. The highest BCUT2D eigenvalue weighted by atomic mass is 35.5. The van der Waals surface area contributed by atoms with Crippen LogP contribution in [0.25, 0.3) is 0 Å². The van der Waals surface area contributed by atoms with Gasteiger partial charge in [-0.25, -0.2) is 0 Å². The number of amides is 2. The van der Waals surface area contributed by atoms with Gasteiger partial charge in [0, 0.05) is 36.0 Å². The molecular weight excluding hydrogens is 407 g/mol. The summed E-state index contributed by atoms with van der Waals surface area (Å²) in [7, 11) is 0. The zero-order valence-electron chi connectivity index (χ0n) is 17.0. The maximum atomic E-state index is 13.1. The van der Waals surface area contributed by atoms with Crippen molar-refractivity contribution >= 4 is 35.0 Å². The van der Waals surface area contributed by atoms with Gasteiger partial charge in [-0.05, 0) is 29.7 Å². The molecule has 0 radical (unpaired) electrons. The summed E-state index contributed by atoms with van der Waals surface area (Å²) in [6.45, 7) is 4.72. The van der Waals surface area contributed by atoms with Gasteiger partial charge in [0.1, 0.15) is 6.04 Å². The normalized spacial score (nSPS) is 11.7. The fraction of sp³-hybridized carbons (Fsp3) is 0.391. The first-order valence-corrected chi connectivity index (χ1v) is 10.8. The van der Waals surface area contributed by atoms with Crippen molar-refractivity contribution in [2.24, 2.45) is 0 Å². The third-order valence-corrected chi connectivity index (χ3v) is 5.35. The Labute approximate surface area is 183 Å². The van der Waals surface area contributed by atoms with E-state index in [1.807, 2.05) is 30.3 Å². The van der Waals surface area contributed by atoms with E-state index < -0.39 is 6.04 Å². The van der Waals surface area contributed by atoms with Crippen molar-refractivity contribution in [3.8, 4) is 0 Å². The smallest absolute Gasteiger partial charge is 0.243 e. The minimum absolute atomic E-state index is 0.0948. The number of nitrogens with one attached hydrogen (secondary N) is 1. The van der Waals surface area contributed by atoms with Crippen molar-refractivity contribution in [2.45, 2.75) is 52.1 Å². The number of halogens is 2. The van der Waals surface area contributed by atoms with Gasteiger partial charge in [-0.15, -0.1) is 0 Å². The lowest BCUT2D eigenvalue weighted by Crippen LogP contribution is -2.50. The summed E-state index contributed by atoms with van der Waals surface area (Å²) in [6.07, 6.45) is 2.63. The van der Waals surface area contributed by atoms with E-state index in [1.54, 1.807) is 30.0 Å². The molecule has 0 spiro atoms. The summed E-state index contributed by atoms with van der Waals surface area (Å²) in [5.41, 5.74) is 1.76. The summed E-state index contributed by atoms with van der Waals surface area (Å²) in [4.78, 5) is 27.5. The van der Waals surface area contributed by atoms with E-state index in [2.05, 4.69) is 12.2 Å². The highest BCUT2D eigenvalue weighted by Gasteiger charge is 2.29. The maximum Gasteiger partial charge on any atom is 0.243 e. The number of benzene rings is 2. The second kappa shape index (κ2) is 11.8. The Morgan fingerprint density at radius 2 is 1.79 bits per heavy atom. The van der Waals surface area contributed by atoms with Crippen molar-refractivity contribution in [2.75, 3.05) is 6.54 Å². The molecule has 29 heavy (non-hydrogen) atoms. The van der Waals surface area contributed by atoms with Gasteiger partial charge in [-0.2, -0.15) is 0 Å². The van der Waals surface area contributed by atoms with Crippen LogP contribution in [0.15, 0.2) is 48.5 Å². The van der Waals surface area contributed by atoms with Crippen molar-refractivity contribution in [3.05, 3.63) is 69.7 Å². The minimum atomic E-state index is -0.617. The average Bonchev–Trinajstić information content (AvgIpc) is 2.72. The molecule has 0 saturated heterocycles. The van der Waals surface area contributed by atoms with E-state index in [1.165, 1.54) is 0 Å². The Kier molecular flexibility index (Phi) is 9.49. The SMILES string of the molecule is CCCCNC(=O)[C@H](Cc1ccccc1)N(Cc1ccc(Cl)cc1Cl)C(=O)CC. The molecule has 2 aromatic rings. The maximum absolute atomic E-state index is 13.1. The summed E-state index contributed by atoms with van der Waals surface area (Å²) in [5, 5.41) is 4.00. The number of unbranched alkanes of at least 4 members (excludes halogenated alkanes) is 1. The second-order valence-electron chi connectivity index (χ2n) is 6.96. The largest absolute Gasteiger partial charge is 0.354 e. The molecule has 156 valence electrons. The van der Waals surface area contributed by atoms with Gasteiger partial charge in [0.15, 0.2) is 0 Å². The molecular formula is C23H28Cl2N2O2. The highest BCUT2D eigenvalue weighted by Crippen LogP contribution is 2.24. The van der Waals surface area contributed by atoms with Crippen LogP contribution < -0.4 is 5.32 Å². The molecule has 0 heterocycles. The van der Waals surface area contributed by atoms with Crippen LogP contribution in [0.5, 0.6) is 0 Å². The van der Waals surface area contributed by atoms with Crippen LogP contribution in [0.4, 0.5) is 0 Å². The first-order valence-electron chi connectivity index (χ1n) is 10.0. The fourth-order valence-electron chi connectivity index (χ4n) is 3.10. The number of nitrogens with zero attached hydrogens (tertiary/aromatic N) is 1. The van der Waals surface area contributed by atoms with Gasteiger partial charge in [-0.3, -0.25) is 9.59 Å². The summed E-state index contributed by atoms with van der Waals surface area (Å²) in [5.74, 6) is -0.239. The lowest BCUT2D eigenvalue weighted by molar-refractivity contribution is -0.141. The first kappa shape index (κ1) is 23.2. The van der Waals surface area contributed by atoms with Crippen molar-refractivity contribution in [1.29, 1.82) is 0 Å². The lowest BCUT2D eigenvalue weighted by Gasteiger charge is -2.31. The summed E-state index contributed by atoms with van der Waals surface area (Å²) >= 11 is 12.4. The Balaban J connectivity index is 2.33. The standard InChI is InChI=1S/C23H28Cl2N2O2/c1-3-5-13-26-23(29)21(14-17-9-7-6-8-10-17)27(22(28)4-2)16-18-11-12-19(24)15-20(18)25/h6-12,15,21H,3-5,13-14,16H2,1-2H3,(H,26,29)/t21-/m0/s1. The average molecular weight is 435 g/mol. The fourth-order valence-corrected chi connectivity index (χ4v) is 3.56. The molecule has 0 aliphatic heterocycles. The molecule has 4 nitrogen and oxygen atoms in total. The molecule has 0 unspecified atom stereocenters. The molecule has 0 aliphatic rings. The van der Waals surface area contributed by atoms with Crippen LogP contribution in [-0.4, -0.2) is 29.3 Å². The van der Waals surface area contributed by atoms with Gasteiger partial charge in [-0.1, -0.05) is 79.9 Å². The Morgan fingerprint density at radius 1 is 1.07 bits per heavy atom. The van der Waals surface area contributed by atoms with Crippen molar-refractivity contribution in [3.63, 3.8) is 0 Å². The van der Waals surface area contributed by atoms with E-state index in [0.717, 1.165) is 24.0 Å². The minimum Gasteiger partial charge on any atom is -0.354 e. The third-order valence-electron chi connectivity index (χ3n) is 4.76. The van der Waals surface area contributed by atoms with Crippen molar-refractivity contribution in [1.82, 2.24) is 10.2 Å². The Morgan fingerprint density at radius 3 is 2.41 bits per heavy atom. The topological polar surface area (TPSA) is 49.4 Å². The van der Waals surface area contributed by atoms with Crippen LogP contribution in [0.3, 0.4) is 0 Å². The predicted molar refractivity (Wildman–Crippen MR) is 119 cm³/mol. The van der Waals surface area contributed by atoms with Crippen LogP contribution in [0, 0.1) is 0 Å². The van der Waals surface area contributed by atoms with Crippen molar-refractivity contribution < 1.29 is 9.59 Å². The molecule has 0 saturated carbocycles. The van der Waals surface area contributed by atoms with Gasteiger partial charge in [0.05, 0.1) is 0 Å². The predicted octanol–water partition coefficient (Wildman–Crippen LogP) is 5.26. The van der Waals surface area contributed by atoms with E-state index in [9.17, 15) is 9.59 Å². The Bertz CT molecular complexity index is 812. The summed E-state index contributed by atoms with van der Waals surface area (Å²) in [6, 6.07) is 14.3. The van der Waals surface area contributed by atoms with E-state index in [0.29, 0.717) is 29.4 Å². The number of carbonyl (C=O) groups is 2. The Hall–Kier alpha value is -2.04. The second-order valence-corrected chi connectivity index (χ2v) is 7.80. The van der Waals surface area contributed by atoms with Crippen LogP contribution in [0.2, 0.25) is 10.0 Å². The molecule has 0 aliphatic carbocycles.